The molecule has 3 rings (SSSR count). The van der Waals surface area contributed by atoms with E-state index in [9.17, 15) is 4.79 Å². The summed E-state index contributed by atoms with van der Waals surface area (Å²) >= 11 is 2.14. The number of rotatable bonds is 2. The fourth-order valence-corrected chi connectivity index (χ4v) is 4.95. The zero-order chi connectivity index (χ0) is 11.7. The summed E-state index contributed by atoms with van der Waals surface area (Å²) in [5.74, 6) is 0.664. The molecule has 2 saturated heterocycles. The number of carbonyl (C=O) groups excluding carboxylic acids is 1. The zero-order valence-corrected chi connectivity index (χ0v) is 10.8. The van der Waals surface area contributed by atoms with Crippen LogP contribution in [0.1, 0.15) is 42.5 Å². The maximum Gasteiger partial charge on any atom is 0.166 e. The predicted octanol–water partition coefficient (Wildman–Crippen LogP) is 3.93. The van der Waals surface area contributed by atoms with Crippen LogP contribution in [0.3, 0.4) is 0 Å². The number of hydrogen-bond donors (Lipinski definition) is 0. The Balaban J connectivity index is 1.74. The molecule has 0 aliphatic carbocycles. The van der Waals surface area contributed by atoms with Crippen molar-refractivity contribution in [2.45, 2.75) is 42.6 Å². The van der Waals surface area contributed by atoms with E-state index >= 15 is 0 Å². The van der Waals surface area contributed by atoms with Crippen molar-refractivity contribution in [3.05, 3.63) is 35.9 Å². The van der Waals surface area contributed by atoms with E-state index in [4.69, 9.17) is 0 Å². The van der Waals surface area contributed by atoms with Crippen LogP contribution < -0.4 is 0 Å². The van der Waals surface area contributed by atoms with Crippen LogP contribution in [0.25, 0.3) is 0 Å². The van der Waals surface area contributed by atoms with Crippen LogP contribution in [0.2, 0.25) is 0 Å². The summed E-state index contributed by atoms with van der Waals surface area (Å²) in [6, 6.07) is 9.82. The molecule has 0 amide bonds. The second-order valence-corrected chi connectivity index (χ2v) is 6.82. The maximum atomic E-state index is 12.4. The van der Waals surface area contributed by atoms with Crippen molar-refractivity contribution in [2.75, 3.05) is 0 Å². The van der Waals surface area contributed by atoms with E-state index < -0.39 is 0 Å². The molecule has 1 nitrogen and oxygen atoms in total. The summed E-state index contributed by atoms with van der Waals surface area (Å²) in [5.41, 5.74) is 0.905. The lowest BCUT2D eigenvalue weighted by atomic mass is 9.84. The van der Waals surface area contributed by atoms with Crippen molar-refractivity contribution in [1.29, 1.82) is 0 Å². The molecule has 90 valence electrons. The van der Waals surface area contributed by atoms with Gasteiger partial charge >= 0.3 is 0 Å². The van der Waals surface area contributed by atoms with Crippen molar-refractivity contribution in [3.8, 4) is 0 Å². The number of hydrogen-bond acceptors (Lipinski definition) is 2. The highest BCUT2D eigenvalue weighted by Crippen LogP contribution is 2.44. The average molecular weight is 246 g/mol. The summed E-state index contributed by atoms with van der Waals surface area (Å²) in [6.45, 7) is 0. The van der Waals surface area contributed by atoms with Gasteiger partial charge < -0.3 is 0 Å². The van der Waals surface area contributed by atoms with Gasteiger partial charge in [-0.25, -0.2) is 0 Å². The lowest BCUT2D eigenvalue weighted by Crippen LogP contribution is -2.32. The topological polar surface area (TPSA) is 17.1 Å². The standard InChI is InChI=1S/C15H18OS/c16-15(11-5-2-1-3-6-11)12-9-13-7-4-8-14(10-12)17-13/h1-3,5-6,12-14H,4,7-10H2. The van der Waals surface area contributed by atoms with E-state index in [0.717, 1.165) is 28.9 Å². The Morgan fingerprint density at radius 2 is 1.71 bits per heavy atom. The second kappa shape index (κ2) is 4.85. The van der Waals surface area contributed by atoms with Gasteiger partial charge in [0.15, 0.2) is 5.78 Å². The molecule has 17 heavy (non-hydrogen) atoms. The highest BCUT2D eigenvalue weighted by atomic mass is 32.2. The first-order valence-corrected chi connectivity index (χ1v) is 7.52. The Morgan fingerprint density at radius 3 is 2.35 bits per heavy atom. The van der Waals surface area contributed by atoms with Gasteiger partial charge in [0.05, 0.1) is 0 Å². The lowest BCUT2D eigenvalue weighted by molar-refractivity contribution is 0.0896. The fourth-order valence-electron chi connectivity index (χ4n) is 3.11. The minimum atomic E-state index is 0.286. The number of thioether (sulfide) groups is 1. The van der Waals surface area contributed by atoms with Crippen LogP contribution in [-0.2, 0) is 0 Å². The van der Waals surface area contributed by atoms with Crippen LogP contribution in [-0.4, -0.2) is 16.3 Å². The third-order valence-electron chi connectivity index (χ3n) is 3.96. The number of Topliss-reactive ketones (excluding diaryl/α,β-unsaturated/α-hetero) is 1. The highest BCUT2D eigenvalue weighted by Gasteiger charge is 2.35. The molecule has 1 aromatic carbocycles. The van der Waals surface area contributed by atoms with E-state index in [-0.39, 0.29) is 5.92 Å². The first-order chi connectivity index (χ1) is 8.33. The van der Waals surface area contributed by atoms with Crippen molar-refractivity contribution < 1.29 is 4.79 Å². The van der Waals surface area contributed by atoms with E-state index in [0.29, 0.717) is 5.78 Å². The molecule has 0 N–H and O–H groups in total. The smallest absolute Gasteiger partial charge is 0.166 e. The van der Waals surface area contributed by atoms with Crippen molar-refractivity contribution >= 4 is 17.5 Å². The molecule has 2 heteroatoms. The summed E-state index contributed by atoms with van der Waals surface area (Å²) in [7, 11) is 0. The third-order valence-corrected chi connectivity index (χ3v) is 5.59. The Labute approximate surface area is 107 Å². The van der Waals surface area contributed by atoms with E-state index in [1.165, 1.54) is 19.3 Å². The molecule has 2 unspecified atom stereocenters. The van der Waals surface area contributed by atoms with Gasteiger partial charge in [-0.3, -0.25) is 4.79 Å². The van der Waals surface area contributed by atoms with Crippen LogP contribution in [0.15, 0.2) is 30.3 Å². The molecule has 2 aliphatic rings. The summed E-state index contributed by atoms with van der Waals surface area (Å²) in [6.07, 6.45) is 6.22. The van der Waals surface area contributed by atoms with Crippen LogP contribution in [0.4, 0.5) is 0 Å². The first kappa shape index (κ1) is 11.3. The van der Waals surface area contributed by atoms with Gasteiger partial charge in [0.25, 0.3) is 0 Å². The highest BCUT2D eigenvalue weighted by molar-refractivity contribution is 8.00. The summed E-state index contributed by atoms with van der Waals surface area (Å²) in [5, 5.41) is 1.50. The van der Waals surface area contributed by atoms with Crippen LogP contribution >= 0.6 is 11.8 Å². The minimum Gasteiger partial charge on any atom is -0.294 e. The normalized spacial score (nSPS) is 32.1. The SMILES string of the molecule is O=C(c1ccccc1)C1CC2CCCC(C1)S2. The Morgan fingerprint density at radius 1 is 1.06 bits per heavy atom. The summed E-state index contributed by atoms with van der Waals surface area (Å²) in [4.78, 5) is 12.4. The van der Waals surface area contributed by atoms with Gasteiger partial charge in [-0.05, 0) is 25.7 Å². The molecule has 2 fully saturated rings. The lowest BCUT2D eigenvalue weighted by Gasteiger charge is -2.37. The third kappa shape index (κ3) is 2.42. The Bertz CT molecular complexity index is 389. The van der Waals surface area contributed by atoms with Gasteiger partial charge in [-0.2, -0.15) is 11.8 Å². The van der Waals surface area contributed by atoms with Crippen molar-refractivity contribution in [3.63, 3.8) is 0 Å². The van der Waals surface area contributed by atoms with Gasteiger partial charge in [0.2, 0.25) is 0 Å². The zero-order valence-electron chi connectivity index (χ0n) is 9.97. The molecule has 2 bridgehead atoms. The van der Waals surface area contributed by atoms with Crippen molar-refractivity contribution in [1.82, 2.24) is 0 Å². The Kier molecular flexibility index (Phi) is 3.24. The number of benzene rings is 1. The molecular weight excluding hydrogens is 228 g/mol. The van der Waals surface area contributed by atoms with Crippen LogP contribution in [0.5, 0.6) is 0 Å². The maximum absolute atomic E-state index is 12.4. The molecule has 2 aliphatic heterocycles. The predicted molar refractivity (Wildman–Crippen MR) is 72.5 cm³/mol. The number of ketones is 1. The molecule has 0 spiro atoms. The summed E-state index contributed by atoms with van der Waals surface area (Å²) < 4.78 is 0. The van der Waals surface area contributed by atoms with E-state index in [1.54, 1.807) is 0 Å². The van der Waals surface area contributed by atoms with Crippen LogP contribution in [0, 0.1) is 5.92 Å². The molecule has 0 aromatic heterocycles. The molecule has 2 atom stereocenters. The van der Waals surface area contributed by atoms with Crippen molar-refractivity contribution in [2.24, 2.45) is 5.92 Å². The minimum absolute atomic E-state index is 0.286. The molecule has 2 heterocycles. The van der Waals surface area contributed by atoms with Gasteiger partial charge in [-0.1, -0.05) is 36.8 Å². The van der Waals surface area contributed by atoms with Gasteiger partial charge in [-0.15, -0.1) is 0 Å². The number of fused-ring (bicyclic) bond motifs is 2. The second-order valence-electron chi connectivity index (χ2n) is 5.21. The first-order valence-electron chi connectivity index (χ1n) is 6.57. The Hall–Kier alpha value is -0.760. The fraction of sp³-hybridized carbons (Fsp3) is 0.533. The largest absolute Gasteiger partial charge is 0.294 e. The van der Waals surface area contributed by atoms with Gasteiger partial charge in [0.1, 0.15) is 0 Å². The molecule has 0 radical (unpaired) electrons. The average Bonchev–Trinajstić information content (AvgIpc) is 2.38. The van der Waals surface area contributed by atoms with E-state index in [1.807, 2.05) is 30.3 Å². The van der Waals surface area contributed by atoms with E-state index in [2.05, 4.69) is 11.8 Å². The monoisotopic (exact) mass is 246 g/mol. The quantitative estimate of drug-likeness (QED) is 0.735. The molecular formula is C15H18OS. The number of carbonyl (C=O) groups is 1. The van der Waals surface area contributed by atoms with Gasteiger partial charge in [0, 0.05) is 22.0 Å². The molecule has 1 aromatic rings. The molecule has 0 saturated carbocycles.